The summed E-state index contributed by atoms with van der Waals surface area (Å²) >= 11 is 1.47. The van der Waals surface area contributed by atoms with Crippen molar-refractivity contribution in [2.45, 2.75) is 19.8 Å². The zero-order valence-electron chi connectivity index (χ0n) is 13.1. The molecule has 1 aromatic carbocycles. The summed E-state index contributed by atoms with van der Waals surface area (Å²) in [6.07, 6.45) is 1.46. The van der Waals surface area contributed by atoms with Gasteiger partial charge in [-0.1, -0.05) is 17.7 Å². The third-order valence-corrected chi connectivity index (χ3v) is 3.95. The van der Waals surface area contributed by atoms with Crippen molar-refractivity contribution in [1.29, 1.82) is 0 Å². The van der Waals surface area contributed by atoms with Crippen LogP contribution in [-0.4, -0.2) is 30.6 Å². The molecule has 0 bridgehead atoms. The minimum Gasteiger partial charge on any atom is -0.494 e. The first-order chi connectivity index (χ1) is 10.7. The smallest absolute Gasteiger partial charge is 0.270 e. The molecule has 23 heavy (non-hydrogen) atoms. The highest BCUT2D eigenvalue weighted by atomic mass is 35.5. The molecule has 7 heteroatoms. The standard InChI is InChI=1S/C16H21N3O2S.ClH/c1-12-3-5-13(6-4-12)21-10-2-9-18-16(20)14-11-22-15(19-14)7-8-17;/h3-6,11H,2,7-10,17H2,1H3,(H,18,20);1H. The summed E-state index contributed by atoms with van der Waals surface area (Å²) in [5.74, 6) is 0.706. The van der Waals surface area contributed by atoms with Crippen LogP contribution in [0.2, 0.25) is 0 Å². The normalized spacial score (nSPS) is 10.0. The first-order valence-corrected chi connectivity index (χ1v) is 8.19. The SMILES string of the molecule is Cc1ccc(OCCCNC(=O)c2csc(CCN)n2)cc1.Cl. The first kappa shape index (κ1) is 19.4. The van der Waals surface area contributed by atoms with E-state index in [4.69, 9.17) is 10.5 Å². The van der Waals surface area contributed by atoms with Crippen LogP contribution in [0.25, 0.3) is 0 Å². The van der Waals surface area contributed by atoms with Crippen molar-refractivity contribution in [1.82, 2.24) is 10.3 Å². The molecule has 126 valence electrons. The highest BCUT2D eigenvalue weighted by molar-refractivity contribution is 7.09. The van der Waals surface area contributed by atoms with E-state index in [2.05, 4.69) is 10.3 Å². The average molecular weight is 356 g/mol. The van der Waals surface area contributed by atoms with Gasteiger partial charge in [0.25, 0.3) is 5.91 Å². The minimum absolute atomic E-state index is 0. The quantitative estimate of drug-likeness (QED) is 0.713. The van der Waals surface area contributed by atoms with E-state index in [9.17, 15) is 4.79 Å². The highest BCUT2D eigenvalue weighted by Gasteiger charge is 2.09. The number of nitrogens with zero attached hydrogens (tertiary/aromatic N) is 1. The molecule has 0 aliphatic rings. The number of ether oxygens (including phenoxy) is 1. The third kappa shape index (κ3) is 6.56. The molecule has 3 N–H and O–H groups in total. The van der Waals surface area contributed by atoms with Crippen molar-refractivity contribution < 1.29 is 9.53 Å². The zero-order chi connectivity index (χ0) is 15.8. The molecule has 1 heterocycles. The summed E-state index contributed by atoms with van der Waals surface area (Å²) in [5.41, 5.74) is 7.14. The monoisotopic (exact) mass is 355 g/mol. The van der Waals surface area contributed by atoms with Gasteiger partial charge in [0.05, 0.1) is 11.6 Å². The summed E-state index contributed by atoms with van der Waals surface area (Å²) in [7, 11) is 0. The molecule has 0 atom stereocenters. The Bertz CT molecular complexity index is 602. The number of nitrogens with one attached hydrogen (secondary N) is 1. The fourth-order valence-corrected chi connectivity index (χ4v) is 2.64. The summed E-state index contributed by atoms with van der Waals surface area (Å²) in [5, 5.41) is 5.51. The maximum absolute atomic E-state index is 11.9. The van der Waals surface area contributed by atoms with Gasteiger partial charge < -0.3 is 15.8 Å². The van der Waals surface area contributed by atoms with E-state index in [-0.39, 0.29) is 18.3 Å². The van der Waals surface area contributed by atoms with Gasteiger partial charge in [0, 0.05) is 18.3 Å². The van der Waals surface area contributed by atoms with Crippen LogP contribution in [-0.2, 0) is 6.42 Å². The number of aryl methyl sites for hydroxylation is 1. The van der Waals surface area contributed by atoms with Gasteiger partial charge >= 0.3 is 0 Å². The molecule has 0 unspecified atom stereocenters. The highest BCUT2D eigenvalue weighted by Crippen LogP contribution is 2.11. The summed E-state index contributed by atoms with van der Waals surface area (Å²) in [6.45, 7) is 3.72. The summed E-state index contributed by atoms with van der Waals surface area (Å²) < 4.78 is 5.61. The molecule has 2 rings (SSSR count). The number of hydrogen-bond acceptors (Lipinski definition) is 5. The van der Waals surface area contributed by atoms with Gasteiger partial charge in [-0.25, -0.2) is 4.98 Å². The Morgan fingerprint density at radius 1 is 1.35 bits per heavy atom. The molecular weight excluding hydrogens is 334 g/mol. The van der Waals surface area contributed by atoms with Gasteiger partial charge in [0.15, 0.2) is 0 Å². The minimum atomic E-state index is -0.144. The fourth-order valence-electron chi connectivity index (χ4n) is 1.84. The van der Waals surface area contributed by atoms with E-state index in [1.54, 1.807) is 5.38 Å². The van der Waals surface area contributed by atoms with Crippen molar-refractivity contribution in [3.8, 4) is 5.75 Å². The molecule has 1 amide bonds. The van der Waals surface area contributed by atoms with Crippen molar-refractivity contribution in [3.05, 3.63) is 45.9 Å². The number of nitrogens with two attached hydrogens (primary N) is 1. The van der Waals surface area contributed by atoms with Crippen LogP contribution >= 0.6 is 23.7 Å². The molecule has 2 aromatic rings. The lowest BCUT2D eigenvalue weighted by Gasteiger charge is -2.07. The Hall–Kier alpha value is -1.63. The van der Waals surface area contributed by atoms with Crippen molar-refractivity contribution in [2.24, 2.45) is 5.73 Å². The van der Waals surface area contributed by atoms with E-state index in [1.165, 1.54) is 16.9 Å². The van der Waals surface area contributed by atoms with Gasteiger partial charge in [-0.3, -0.25) is 4.79 Å². The molecule has 1 aromatic heterocycles. The Morgan fingerprint density at radius 3 is 2.78 bits per heavy atom. The van der Waals surface area contributed by atoms with Crippen LogP contribution in [0.1, 0.15) is 27.5 Å². The van der Waals surface area contributed by atoms with Crippen molar-refractivity contribution >= 4 is 29.7 Å². The fraction of sp³-hybridized carbons (Fsp3) is 0.375. The predicted molar refractivity (Wildman–Crippen MR) is 95.7 cm³/mol. The van der Waals surface area contributed by atoms with Gasteiger partial charge in [0.2, 0.25) is 0 Å². The maximum atomic E-state index is 11.9. The second-order valence-corrected chi connectivity index (χ2v) is 5.88. The van der Waals surface area contributed by atoms with Crippen molar-refractivity contribution in [3.63, 3.8) is 0 Å². The Balaban J connectivity index is 0.00000264. The third-order valence-electron chi connectivity index (χ3n) is 3.04. The largest absolute Gasteiger partial charge is 0.494 e. The maximum Gasteiger partial charge on any atom is 0.270 e. The number of carbonyl (C=O) groups excluding carboxylic acids is 1. The molecule has 5 nitrogen and oxygen atoms in total. The topological polar surface area (TPSA) is 77.2 Å². The molecule has 0 aliphatic heterocycles. The molecule has 0 spiro atoms. The predicted octanol–water partition coefficient (Wildman–Crippen LogP) is 2.57. The Morgan fingerprint density at radius 2 is 2.09 bits per heavy atom. The van der Waals surface area contributed by atoms with Crippen LogP contribution in [0.5, 0.6) is 5.75 Å². The lowest BCUT2D eigenvalue weighted by molar-refractivity contribution is 0.0947. The molecule has 0 saturated heterocycles. The van der Waals surface area contributed by atoms with E-state index < -0.39 is 0 Å². The summed E-state index contributed by atoms with van der Waals surface area (Å²) in [6, 6.07) is 7.92. The number of hydrogen-bond donors (Lipinski definition) is 2. The molecule has 0 radical (unpaired) electrons. The van der Waals surface area contributed by atoms with Gasteiger partial charge in [-0.2, -0.15) is 0 Å². The van der Waals surface area contributed by atoms with Crippen LogP contribution in [0.15, 0.2) is 29.6 Å². The van der Waals surface area contributed by atoms with E-state index in [1.807, 2.05) is 31.2 Å². The first-order valence-electron chi connectivity index (χ1n) is 7.31. The van der Waals surface area contributed by atoms with Crippen LogP contribution in [0.3, 0.4) is 0 Å². The number of benzene rings is 1. The number of amides is 1. The Labute approximate surface area is 146 Å². The van der Waals surface area contributed by atoms with Crippen LogP contribution in [0.4, 0.5) is 0 Å². The molecule has 0 saturated carbocycles. The Kier molecular flexibility index (Phi) is 8.61. The second kappa shape index (κ2) is 10.2. The number of aromatic nitrogens is 1. The summed E-state index contributed by atoms with van der Waals surface area (Å²) in [4.78, 5) is 16.1. The van der Waals surface area contributed by atoms with E-state index in [0.29, 0.717) is 31.8 Å². The number of carbonyl (C=O) groups is 1. The van der Waals surface area contributed by atoms with Gasteiger partial charge in [-0.05, 0) is 32.0 Å². The number of halogens is 1. The zero-order valence-corrected chi connectivity index (χ0v) is 14.7. The molecule has 0 fully saturated rings. The molecular formula is C16H22ClN3O2S. The lowest BCUT2D eigenvalue weighted by atomic mass is 10.2. The molecule has 0 aliphatic carbocycles. The van der Waals surface area contributed by atoms with Crippen LogP contribution in [0, 0.1) is 6.92 Å². The average Bonchev–Trinajstić information content (AvgIpc) is 2.98. The van der Waals surface area contributed by atoms with E-state index in [0.717, 1.165) is 17.2 Å². The number of rotatable bonds is 8. The second-order valence-electron chi connectivity index (χ2n) is 4.94. The van der Waals surface area contributed by atoms with E-state index >= 15 is 0 Å². The number of thiazole rings is 1. The van der Waals surface area contributed by atoms with Crippen LogP contribution < -0.4 is 15.8 Å². The van der Waals surface area contributed by atoms with Gasteiger partial charge in [-0.15, -0.1) is 23.7 Å². The van der Waals surface area contributed by atoms with Gasteiger partial charge in [0.1, 0.15) is 11.4 Å². The van der Waals surface area contributed by atoms with Crippen molar-refractivity contribution in [2.75, 3.05) is 19.7 Å². The lowest BCUT2D eigenvalue weighted by Crippen LogP contribution is -2.25.